The van der Waals surface area contributed by atoms with Gasteiger partial charge in [0, 0.05) is 38.5 Å². The molecule has 2 atom stereocenters. The van der Waals surface area contributed by atoms with E-state index in [9.17, 15) is 4.79 Å². The molecule has 1 saturated carbocycles. The number of piperidine rings is 1. The summed E-state index contributed by atoms with van der Waals surface area (Å²) in [5.74, 6) is -0.352. The van der Waals surface area contributed by atoms with Gasteiger partial charge in [-0.05, 0) is 39.8 Å². The van der Waals surface area contributed by atoms with Crippen LogP contribution >= 0.6 is 0 Å². The Hall–Kier alpha value is -0.850. The van der Waals surface area contributed by atoms with E-state index in [-0.39, 0.29) is 17.9 Å². The number of hydrogen-bond donors (Lipinski definition) is 1. The molecule has 3 aliphatic rings. The average molecular weight is 325 g/mol. The van der Waals surface area contributed by atoms with Gasteiger partial charge in [0.05, 0.1) is 6.61 Å². The average Bonchev–Trinajstić information content (AvgIpc) is 2.96. The van der Waals surface area contributed by atoms with E-state index in [0.717, 1.165) is 32.4 Å². The van der Waals surface area contributed by atoms with Crippen LogP contribution in [0.2, 0.25) is 0 Å². The molecule has 23 heavy (non-hydrogen) atoms. The summed E-state index contributed by atoms with van der Waals surface area (Å²) in [5, 5.41) is 3.04. The molecule has 3 rings (SSSR count). The van der Waals surface area contributed by atoms with Gasteiger partial charge in [0.1, 0.15) is 6.10 Å². The second-order valence-electron chi connectivity index (χ2n) is 7.41. The third kappa shape index (κ3) is 4.17. The van der Waals surface area contributed by atoms with Crippen molar-refractivity contribution in [2.24, 2.45) is 0 Å². The number of hydrogen-bond acceptors (Lipinski definition) is 4. The second-order valence-corrected chi connectivity index (χ2v) is 7.41. The fourth-order valence-electron chi connectivity index (χ4n) is 3.94. The molecule has 1 spiro atoms. The zero-order valence-corrected chi connectivity index (χ0v) is 14.6. The van der Waals surface area contributed by atoms with Crippen LogP contribution in [0.1, 0.15) is 44.9 Å². The first-order chi connectivity index (χ1) is 11.1. The third-order valence-electron chi connectivity index (χ3n) is 5.42. The summed E-state index contributed by atoms with van der Waals surface area (Å²) in [6, 6.07) is 0.496. The highest BCUT2D eigenvalue weighted by molar-refractivity contribution is 5.74. The van der Waals surface area contributed by atoms with Crippen LogP contribution in [0.5, 0.6) is 0 Å². The number of carbonyl (C=O) groups is 1. The van der Waals surface area contributed by atoms with Gasteiger partial charge in [-0.15, -0.1) is 0 Å². The highest BCUT2D eigenvalue weighted by atomic mass is 16.7. The first-order valence-corrected chi connectivity index (χ1v) is 9.09. The molecule has 0 unspecified atom stereocenters. The lowest BCUT2D eigenvalue weighted by Gasteiger charge is -2.36. The van der Waals surface area contributed by atoms with Gasteiger partial charge in [-0.25, -0.2) is 4.79 Å². The molecule has 0 bridgehead atoms. The Morgan fingerprint density at radius 2 is 2.04 bits per heavy atom. The third-order valence-corrected chi connectivity index (χ3v) is 5.42. The fourth-order valence-corrected chi connectivity index (χ4v) is 3.94. The number of carbonyl (C=O) groups excluding carboxylic acids is 1. The molecule has 0 aromatic heterocycles. The molecular weight excluding hydrogens is 294 g/mol. The Balaban J connectivity index is 1.42. The van der Waals surface area contributed by atoms with E-state index in [0.29, 0.717) is 19.2 Å². The summed E-state index contributed by atoms with van der Waals surface area (Å²) < 4.78 is 12.0. The largest absolute Gasteiger partial charge is 0.347 e. The van der Waals surface area contributed by atoms with Crippen molar-refractivity contribution in [2.45, 2.75) is 62.9 Å². The van der Waals surface area contributed by atoms with Crippen LogP contribution in [-0.2, 0) is 9.47 Å². The van der Waals surface area contributed by atoms with Crippen LogP contribution < -0.4 is 5.32 Å². The molecule has 1 N–H and O–H groups in total. The van der Waals surface area contributed by atoms with E-state index >= 15 is 0 Å². The molecular formula is C17H31N3O3. The molecule has 2 saturated heterocycles. The van der Waals surface area contributed by atoms with E-state index in [4.69, 9.17) is 9.47 Å². The molecule has 0 aromatic carbocycles. The van der Waals surface area contributed by atoms with Gasteiger partial charge in [-0.1, -0.05) is 6.42 Å². The Labute approximate surface area is 139 Å². The highest BCUT2D eigenvalue weighted by Crippen LogP contribution is 2.37. The topological polar surface area (TPSA) is 54.0 Å². The van der Waals surface area contributed by atoms with Gasteiger partial charge in [0.15, 0.2) is 5.79 Å². The zero-order valence-electron chi connectivity index (χ0n) is 14.6. The zero-order chi connectivity index (χ0) is 16.3. The number of ether oxygens (including phenoxy) is 2. The van der Waals surface area contributed by atoms with Crippen molar-refractivity contribution in [3.63, 3.8) is 0 Å². The van der Waals surface area contributed by atoms with E-state index in [1.807, 2.05) is 4.90 Å². The first kappa shape index (κ1) is 17.0. The van der Waals surface area contributed by atoms with Crippen LogP contribution in [0.3, 0.4) is 0 Å². The van der Waals surface area contributed by atoms with Crippen LogP contribution in [0.15, 0.2) is 0 Å². The van der Waals surface area contributed by atoms with E-state index in [1.54, 1.807) is 0 Å². The fraction of sp³-hybridized carbons (Fsp3) is 0.941. The lowest BCUT2D eigenvalue weighted by molar-refractivity contribution is -0.186. The van der Waals surface area contributed by atoms with Crippen molar-refractivity contribution in [3.8, 4) is 0 Å². The normalized spacial score (nSPS) is 30.8. The van der Waals surface area contributed by atoms with Crippen molar-refractivity contribution < 1.29 is 14.3 Å². The number of urea groups is 1. The Morgan fingerprint density at radius 3 is 2.78 bits per heavy atom. The Bertz CT molecular complexity index is 410. The summed E-state index contributed by atoms with van der Waals surface area (Å²) >= 11 is 0. The van der Waals surface area contributed by atoms with Gasteiger partial charge >= 0.3 is 6.03 Å². The molecule has 3 fully saturated rings. The monoisotopic (exact) mass is 325 g/mol. The van der Waals surface area contributed by atoms with Gasteiger partial charge < -0.3 is 24.6 Å². The molecule has 6 nitrogen and oxygen atoms in total. The summed E-state index contributed by atoms with van der Waals surface area (Å²) in [6.07, 6.45) is 7.85. The maximum Gasteiger partial charge on any atom is 0.317 e. The van der Waals surface area contributed by atoms with Gasteiger partial charge in [0.2, 0.25) is 0 Å². The second kappa shape index (κ2) is 7.36. The number of nitrogens with zero attached hydrogens (tertiary/aromatic N) is 2. The predicted octanol–water partition coefficient (Wildman–Crippen LogP) is 1.80. The highest BCUT2D eigenvalue weighted by Gasteiger charge is 2.42. The molecule has 2 aliphatic heterocycles. The maximum absolute atomic E-state index is 12.4. The Morgan fingerprint density at radius 1 is 1.26 bits per heavy atom. The molecule has 0 aromatic rings. The summed E-state index contributed by atoms with van der Waals surface area (Å²) in [5.41, 5.74) is 0. The molecule has 2 heterocycles. The number of rotatable bonds is 3. The molecule has 132 valence electrons. The van der Waals surface area contributed by atoms with Crippen LogP contribution in [-0.4, -0.2) is 74.1 Å². The number of likely N-dealkylation sites (N-methyl/N-ethyl adjacent to an activating group) is 1. The van der Waals surface area contributed by atoms with Crippen LogP contribution in [0.25, 0.3) is 0 Å². The molecule has 0 radical (unpaired) electrons. The van der Waals surface area contributed by atoms with Crippen LogP contribution in [0.4, 0.5) is 4.79 Å². The van der Waals surface area contributed by atoms with Crippen molar-refractivity contribution in [1.82, 2.24) is 15.1 Å². The summed E-state index contributed by atoms with van der Waals surface area (Å²) in [7, 11) is 4.17. The maximum atomic E-state index is 12.4. The quantitative estimate of drug-likeness (QED) is 0.860. The van der Waals surface area contributed by atoms with Gasteiger partial charge in [-0.3, -0.25) is 0 Å². The smallest absolute Gasteiger partial charge is 0.317 e. The number of likely N-dealkylation sites (tertiary alicyclic amines) is 1. The van der Waals surface area contributed by atoms with Crippen molar-refractivity contribution in [3.05, 3.63) is 0 Å². The molecule has 1 aliphatic carbocycles. The van der Waals surface area contributed by atoms with Gasteiger partial charge in [-0.2, -0.15) is 0 Å². The predicted molar refractivity (Wildman–Crippen MR) is 88.3 cm³/mol. The van der Waals surface area contributed by atoms with Crippen molar-refractivity contribution in [1.29, 1.82) is 0 Å². The molecule has 6 heteroatoms. The minimum absolute atomic E-state index is 0.00788. The van der Waals surface area contributed by atoms with E-state index in [1.165, 1.54) is 25.7 Å². The van der Waals surface area contributed by atoms with Gasteiger partial charge in [0.25, 0.3) is 0 Å². The lowest BCUT2D eigenvalue weighted by Crippen LogP contribution is -2.51. The van der Waals surface area contributed by atoms with Crippen LogP contribution in [0, 0.1) is 0 Å². The summed E-state index contributed by atoms with van der Waals surface area (Å²) in [4.78, 5) is 16.5. The van der Waals surface area contributed by atoms with E-state index in [2.05, 4.69) is 24.3 Å². The Kier molecular flexibility index (Phi) is 5.44. The number of nitrogens with one attached hydrogen (secondary N) is 1. The summed E-state index contributed by atoms with van der Waals surface area (Å²) in [6.45, 7) is 2.80. The van der Waals surface area contributed by atoms with E-state index < -0.39 is 0 Å². The standard InChI is InChI=1S/C17H31N3O3/c1-19(2)14-7-6-10-20(12-14)16(21)18-11-15-13-22-17(23-15)8-4-3-5-9-17/h14-15H,3-13H2,1-2H3,(H,18,21)/t14-,15-/m0/s1. The SMILES string of the molecule is CN(C)[C@H]1CCCN(C(=O)NC[C@H]2COC3(CCCCC3)O2)C1. The van der Waals surface area contributed by atoms with Crippen molar-refractivity contribution >= 4 is 6.03 Å². The van der Waals surface area contributed by atoms with Crippen molar-refractivity contribution in [2.75, 3.05) is 40.3 Å². The lowest BCUT2D eigenvalue weighted by atomic mass is 9.94. The minimum Gasteiger partial charge on any atom is -0.347 e. The number of amides is 2. The molecule has 2 amide bonds. The minimum atomic E-state index is -0.352. The first-order valence-electron chi connectivity index (χ1n) is 9.09.